The zero-order valence-corrected chi connectivity index (χ0v) is 22.5. The van der Waals surface area contributed by atoms with Gasteiger partial charge in [-0.2, -0.15) is 0 Å². The number of hydrogen-bond acceptors (Lipinski definition) is 5. The highest BCUT2D eigenvalue weighted by Gasteiger charge is 2.26. The Hall–Kier alpha value is -3.82. The van der Waals surface area contributed by atoms with Crippen LogP contribution >= 0.6 is 0 Å². The van der Waals surface area contributed by atoms with Gasteiger partial charge in [-0.15, -0.1) is 0 Å². The summed E-state index contributed by atoms with van der Waals surface area (Å²) in [6, 6.07) is 14.2. The number of nitrogens with one attached hydrogen (secondary N) is 2. The van der Waals surface area contributed by atoms with Gasteiger partial charge in [0.25, 0.3) is 11.8 Å². The van der Waals surface area contributed by atoms with Gasteiger partial charge in [0.1, 0.15) is 17.4 Å². The van der Waals surface area contributed by atoms with Gasteiger partial charge < -0.3 is 25.7 Å². The molecule has 0 spiro atoms. The second-order valence-electron chi connectivity index (χ2n) is 10.2. The molecular formula is C31H35F2N3O4. The van der Waals surface area contributed by atoms with Crippen LogP contribution in [0.1, 0.15) is 57.2 Å². The predicted octanol–water partition coefficient (Wildman–Crippen LogP) is 3.96. The van der Waals surface area contributed by atoms with Gasteiger partial charge in [-0.1, -0.05) is 31.2 Å². The summed E-state index contributed by atoms with van der Waals surface area (Å²) in [6.45, 7) is 3.83. The number of benzene rings is 3. The molecule has 0 bridgehead atoms. The van der Waals surface area contributed by atoms with E-state index in [1.807, 2.05) is 18.2 Å². The first-order chi connectivity index (χ1) is 19.2. The third kappa shape index (κ3) is 7.64. The van der Waals surface area contributed by atoms with Crippen LogP contribution in [0.5, 0.6) is 5.75 Å². The molecule has 0 aliphatic carbocycles. The van der Waals surface area contributed by atoms with Gasteiger partial charge in [0, 0.05) is 37.8 Å². The Bertz CT molecular complexity index is 1320. The van der Waals surface area contributed by atoms with Crippen molar-refractivity contribution in [1.82, 2.24) is 15.5 Å². The molecule has 1 saturated heterocycles. The lowest BCUT2D eigenvalue weighted by Gasteiger charge is -2.25. The summed E-state index contributed by atoms with van der Waals surface area (Å²) >= 11 is 0. The molecule has 40 heavy (non-hydrogen) atoms. The van der Waals surface area contributed by atoms with Crippen LogP contribution in [0.25, 0.3) is 0 Å². The van der Waals surface area contributed by atoms with E-state index in [9.17, 15) is 28.6 Å². The second-order valence-corrected chi connectivity index (χ2v) is 10.2. The number of phenolic OH excluding ortho intramolecular Hbond substituents is 1. The van der Waals surface area contributed by atoms with Crippen LogP contribution in [0.4, 0.5) is 8.78 Å². The Labute approximate surface area is 232 Å². The van der Waals surface area contributed by atoms with E-state index in [1.54, 1.807) is 4.90 Å². The Balaban J connectivity index is 1.49. The molecule has 7 nitrogen and oxygen atoms in total. The van der Waals surface area contributed by atoms with Crippen LogP contribution < -0.4 is 10.6 Å². The first-order valence-electron chi connectivity index (χ1n) is 13.6. The molecular weight excluding hydrogens is 516 g/mol. The quantitative estimate of drug-likeness (QED) is 0.289. The number of likely N-dealkylation sites (tertiary alicyclic amines) is 1. The molecule has 1 heterocycles. The van der Waals surface area contributed by atoms with E-state index in [0.717, 1.165) is 43.0 Å². The summed E-state index contributed by atoms with van der Waals surface area (Å²) < 4.78 is 27.8. The molecule has 2 amide bonds. The molecule has 3 aromatic rings. The van der Waals surface area contributed by atoms with Crippen molar-refractivity contribution in [1.29, 1.82) is 0 Å². The molecule has 3 aromatic carbocycles. The minimum absolute atomic E-state index is 0.0230. The van der Waals surface area contributed by atoms with Crippen LogP contribution in [0.3, 0.4) is 0 Å². The van der Waals surface area contributed by atoms with Crippen molar-refractivity contribution in [2.75, 3.05) is 19.6 Å². The molecule has 212 valence electrons. The largest absolute Gasteiger partial charge is 0.507 e. The normalized spacial score (nSPS) is 14.7. The first kappa shape index (κ1) is 29.2. The fourth-order valence-electron chi connectivity index (χ4n) is 4.92. The van der Waals surface area contributed by atoms with Crippen molar-refractivity contribution in [3.05, 3.63) is 100 Å². The number of nitrogens with zero attached hydrogens (tertiary/aromatic N) is 1. The van der Waals surface area contributed by atoms with E-state index in [2.05, 4.69) is 23.6 Å². The number of phenols is 1. The number of aromatic hydroxyl groups is 1. The molecule has 1 fully saturated rings. The van der Waals surface area contributed by atoms with Crippen LogP contribution in [-0.2, 0) is 19.4 Å². The number of carbonyl (C=O) groups excluding carboxylic acids is 2. The van der Waals surface area contributed by atoms with Crippen LogP contribution in [-0.4, -0.2) is 58.7 Å². The number of hydrogen-bond donors (Lipinski definition) is 4. The summed E-state index contributed by atoms with van der Waals surface area (Å²) in [7, 11) is 0. The van der Waals surface area contributed by atoms with Crippen LogP contribution in [0.15, 0.2) is 60.7 Å². The highest BCUT2D eigenvalue weighted by atomic mass is 19.1. The summed E-state index contributed by atoms with van der Waals surface area (Å²) in [4.78, 5) is 27.8. The van der Waals surface area contributed by atoms with E-state index in [1.165, 1.54) is 23.8 Å². The van der Waals surface area contributed by atoms with Gasteiger partial charge in [0.05, 0.1) is 17.7 Å². The third-order valence-electron chi connectivity index (χ3n) is 7.12. The molecule has 0 saturated carbocycles. The van der Waals surface area contributed by atoms with Crippen LogP contribution in [0, 0.1) is 11.6 Å². The van der Waals surface area contributed by atoms with E-state index >= 15 is 0 Å². The number of aliphatic hydroxyl groups is 1. The van der Waals surface area contributed by atoms with Crippen molar-refractivity contribution < 1.29 is 28.6 Å². The maximum Gasteiger partial charge on any atom is 0.257 e. The molecule has 2 atom stereocenters. The van der Waals surface area contributed by atoms with Gasteiger partial charge in [0.2, 0.25) is 0 Å². The summed E-state index contributed by atoms with van der Waals surface area (Å²) in [5.41, 5.74) is 2.64. The topological polar surface area (TPSA) is 102 Å². The van der Waals surface area contributed by atoms with E-state index in [-0.39, 0.29) is 41.3 Å². The maximum atomic E-state index is 13.9. The molecule has 9 heteroatoms. The van der Waals surface area contributed by atoms with Crippen molar-refractivity contribution in [3.8, 4) is 5.75 Å². The standard InChI is InChI=1S/C31H35F2N3O4/c1-2-20-6-5-7-21(12-20)18-34-19-29(38)27(15-22-13-24(32)17-25(33)14-22)35-30(39)23-8-9-28(37)26(16-23)31(40)36-10-3-4-11-36/h5-9,12-14,16-17,27,29,34,37-38H,2-4,10-11,15,18-19H2,1H3,(H,35,39). The minimum Gasteiger partial charge on any atom is -0.507 e. The lowest BCUT2D eigenvalue weighted by Crippen LogP contribution is -2.48. The number of aliphatic hydroxyl groups excluding tert-OH is 1. The number of aryl methyl sites for hydroxylation is 1. The van der Waals surface area contributed by atoms with Gasteiger partial charge >= 0.3 is 0 Å². The molecule has 1 aliphatic rings. The highest BCUT2D eigenvalue weighted by Crippen LogP contribution is 2.23. The van der Waals surface area contributed by atoms with Gasteiger partial charge in [-0.05, 0) is 72.7 Å². The summed E-state index contributed by atoms with van der Waals surface area (Å²) in [6.07, 6.45) is 1.52. The predicted molar refractivity (Wildman–Crippen MR) is 148 cm³/mol. The molecule has 4 rings (SSSR count). The zero-order valence-electron chi connectivity index (χ0n) is 22.5. The summed E-state index contributed by atoms with van der Waals surface area (Å²) in [5, 5.41) is 27.3. The van der Waals surface area contributed by atoms with E-state index < -0.39 is 29.7 Å². The zero-order chi connectivity index (χ0) is 28.6. The first-order valence-corrected chi connectivity index (χ1v) is 13.6. The smallest absolute Gasteiger partial charge is 0.257 e. The van der Waals surface area contributed by atoms with Crippen molar-refractivity contribution in [3.63, 3.8) is 0 Å². The van der Waals surface area contributed by atoms with Crippen molar-refractivity contribution in [2.45, 2.75) is 51.3 Å². The SMILES string of the molecule is CCc1cccc(CNCC(O)C(Cc2cc(F)cc(F)c2)NC(=O)c2ccc(O)c(C(=O)N3CCCC3)c2)c1. The molecule has 0 aromatic heterocycles. The average Bonchev–Trinajstić information content (AvgIpc) is 3.47. The second kappa shape index (κ2) is 13.5. The van der Waals surface area contributed by atoms with Crippen molar-refractivity contribution in [2.24, 2.45) is 0 Å². The van der Waals surface area contributed by atoms with Gasteiger partial charge in [-0.3, -0.25) is 9.59 Å². The average molecular weight is 552 g/mol. The third-order valence-corrected chi connectivity index (χ3v) is 7.12. The molecule has 1 aliphatic heterocycles. The lowest BCUT2D eigenvalue weighted by atomic mass is 9.99. The number of amides is 2. The highest BCUT2D eigenvalue weighted by molar-refractivity contribution is 6.01. The lowest BCUT2D eigenvalue weighted by molar-refractivity contribution is 0.0789. The van der Waals surface area contributed by atoms with Crippen LogP contribution in [0.2, 0.25) is 0 Å². The Morgan fingerprint density at radius 1 is 0.950 bits per heavy atom. The molecule has 2 unspecified atom stereocenters. The molecule has 0 radical (unpaired) electrons. The molecule has 4 N–H and O–H groups in total. The number of halogens is 2. The van der Waals surface area contributed by atoms with Crippen molar-refractivity contribution >= 4 is 11.8 Å². The Morgan fingerprint density at radius 3 is 2.35 bits per heavy atom. The fourth-order valence-corrected chi connectivity index (χ4v) is 4.92. The summed E-state index contributed by atoms with van der Waals surface area (Å²) in [5.74, 6) is -2.68. The maximum absolute atomic E-state index is 13.9. The van der Waals surface area contributed by atoms with E-state index in [0.29, 0.717) is 19.6 Å². The number of carbonyl (C=O) groups is 2. The monoisotopic (exact) mass is 551 g/mol. The number of rotatable bonds is 11. The van der Waals surface area contributed by atoms with E-state index in [4.69, 9.17) is 0 Å². The van der Waals surface area contributed by atoms with Gasteiger partial charge in [-0.25, -0.2) is 8.78 Å². The van der Waals surface area contributed by atoms with Gasteiger partial charge in [0.15, 0.2) is 0 Å². The minimum atomic E-state index is -1.10. The Morgan fingerprint density at radius 2 is 1.65 bits per heavy atom. The fraction of sp³-hybridized carbons (Fsp3) is 0.355. The Kier molecular flexibility index (Phi) is 9.84.